The summed E-state index contributed by atoms with van der Waals surface area (Å²) in [6, 6.07) is 8.26. The smallest absolute Gasteiger partial charge is 0.407 e. The van der Waals surface area contributed by atoms with Gasteiger partial charge in [0.2, 0.25) is 0 Å². The number of carboxylic acid groups (broad SMARTS) is 1. The maximum atomic E-state index is 10.8. The Labute approximate surface area is 113 Å². The van der Waals surface area contributed by atoms with Gasteiger partial charge in [-0.3, -0.25) is 0 Å². The highest BCUT2D eigenvalue weighted by Gasteiger charge is 2.22. The van der Waals surface area contributed by atoms with Gasteiger partial charge in [0, 0.05) is 27.7 Å². The summed E-state index contributed by atoms with van der Waals surface area (Å²) >= 11 is 5.26. The molecule has 0 aliphatic carbocycles. The SMILES string of the molecule is O=C(O)N1CCC(Sc2ccc(Br)cc2)CC1. The first-order chi connectivity index (χ1) is 8.15. The molecule has 1 amide bonds. The number of likely N-dealkylation sites (tertiary alicyclic amines) is 1. The number of piperidine rings is 1. The molecule has 1 aromatic rings. The van der Waals surface area contributed by atoms with Gasteiger partial charge in [-0.1, -0.05) is 15.9 Å². The molecule has 1 N–H and O–H groups in total. The second-order valence-corrected chi connectivity index (χ2v) is 6.33. The summed E-state index contributed by atoms with van der Waals surface area (Å²) in [5.41, 5.74) is 0. The molecule has 2 rings (SSSR count). The molecule has 0 radical (unpaired) electrons. The van der Waals surface area contributed by atoms with Crippen molar-refractivity contribution in [2.45, 2.75) is 23.0 Å². The van der Waals surface area contributed by atoms with Gasteiger partial charge in [0.05, 0.1) is 0 Å². The minimum Gasteiger partial charge on any atom is -0.465 e. The fraction of sp³-hybridized carbons (Fsp3) is 0.417. The fourth-order valence-electron chi connectivity index (χ4n) is 1.87. The summed E-state index contributed by atoms with van der Waals surface area (Å²) in [6.45, 7) is 1.31. The van der Waals surface area contributed by atoms with Crippen molar-refractivity contribution in [2.24, 2.45) is 0 Å². The Morgan fingerprint density at radius 3 is 2.41 bits per heavy atom. The first-order valence-corrected chi connectivity index (χ1v) is 7.22. The van der Waals surface area contributed by atoms with Crippen LogP contribution in [0.4, 0.5) is 4.79 Å². The average Bonchev–Trinajstić information content (AvgIpc) is 2.33. The van der Waals surface area contributed by atoms with Crippen LogP contribution in [-0.2, 0) is 0 Å². The van der Waals surface area contributed by atoms with Crippen LogP contribution < -0.4 is 0 Å². The topological polar surface area (TPSA) is 40.5 Å². The van der Waals surface area contributed by atoms with Crippen LogP contribution in [0.1, 0.15) is 12.8 Å². The van der Waals surface area contributed by atoms with Gasteiger partial charge >= 0.3 is 6.09 Å². The zero-order valence-corrected chi connectivity index (χ0v) is 11.7. The number of hydrogen-bond acceptors (Lipinski definition) is 2. The summed E-state index contributed by atoms with van der Waals surface area (Å²) in [5, 5.41) is 9.39. The minimum atomic E-state index is -0.794. The van der Waals surface area contributed by atoms with E-state index in [-0.39, 0.29) is 0 Å². The second kappa shape index (κ2) is 5.78. The van der Waals surface area contributed by atoms with Crippen molar-refractivity contribution in [1.82, 2.24) is 4.90 Å². The molecule has 17 heavy (non-hydrogen) atoms. The van der Waals surface area contributed by atoms with E-state index in [2.05, 4.69) is 28.1 Å². The molecule has 1 aromatic carbocycles. The van der Waals surface area contributed by atoms with Crippen LogP contribution in [0.15, 0.2) is 33.6 Å². The van der Waals surface area contributed by atoms with Gasteiger partial charge in [0.25, 0.3) is 0 Å². The number of benzene rings is 1. The monoisotopic (exact) mass is 315 g/mol. The zero-order chi connectivity index (χ0) is 12.3. The van der Waals surface area contributed by atoms with Crippen molar-refractivity contribution < 1.29 is 9.90 Å². The Hall–Kier alpha value is -0.680. The van der Waals surface area contributed by atoms with Crippen LogP contribution in [0.5, 0.6) is 0 Å². The molecule has 5 heteroatoms. The Morgan fingerprint density at radius 1 is 1.29 bits per heavy atom. The van der Waals surface area contributed by atoms with E-state index in [4.69, 9.17) is 5.11 Å². The van der Waals surface area contributed by atoms with Crippen molar-refractivity contribution in [1.29, 1.82) is 0 Å². The largest absolute Gasteiger partial charge is 0.465 e. The summed E-state index contributed by atoms with van der Waals surface area (Å²) in [7, 11) is 0. The molecule has 0 spiro atoms. The van der Waals surface area contributed by atoms with E-state index >= 15 is 0 Å². The highest BCUT2D eigenvalue weighted by Crippen LogP contribution is 2.30. The van der Waals surface area contributed by atoms with Crippen molar-refractivity contribution in [2.75, 3.05) is 13.1 Å². The average molecular weight is 316 g/mol. The molecule has 0 saturated carbocycles. The maximum Gasteiger partial charge on any atom is 0.407 e. The lowest BCUT2D eigenvalue weighted by Crippen LogP contribution is -2.38. The van der Waals surface area contributed by atoms with Gasteiger partial charge in [-0.2, -0.15) is 0 Å². The molecule has 1 fully saturated rings. The van der Waals surface area contributed by atoms with E-state index in [1.807, 2.05) is 23.9 Å². The predicted molar refractivity (Wildman–Crippen MR) is 72.6 cm³/mol. The molecule has 1 saturated heterocycles. The van der Waals surface area contributed by atoms with E-state index in [1.54, 1.807) is 0 Å². The summed E-state index contributed by atoms with van der Waals surface area (Å²) in [4.78, 5) is 13.5. The molecule has 3 nitrogen and oxygen atoms in total. The quantitative estimate of drug-likeness (QED) is 0.905. The van der Waals surface area contributed by atoms with Gasteiger partial charge in [-0.15, -0.1) is 11.8 Å². The van der Waals surface area contributed by atoms with Gasteiger partial charge in [-0.25, -0.2) is 4.79 Å². The number of rotatable bonds is 2. The molecule has 0 bridgehead atoms. The normalized spacial score (nSPS) is 17.1. The zero-order valence-electron chi connectivity index (χ0n) is 9.30. The second-order valence-electron chi connectivity index (χ2n) is 4.04. The Morgan fingerprint density at radius 2 is 1.88 bits per heavy atom. The van der Waals surface area contributed by atoms with Crippen LogP contribution in [0.25, 0.3) is 0 Å². The lowest BCUT2D eigenvalue weighted by atomic mass is 10.1. The molecule has 0 aromatic heterocycles. The van der Waals surface area contributed by atoms with E-state index in [0.29, 0.717) is 18.3 Å². The summed E-state index contributed by atoms with van der Waals surface area (Å²) < 4.78 is 1.09. The number of nitrogens with zero attached hydrogens (tertiary/aromatic N) is 1. The molecule has 1 aliphatic heterocycles. The van der Waals surface area contributed by atoms with Crippen LogP contribution in [0.3, 0.4) is 0 Å². The molecule has 0 atom stereocenters. The van der Waals surface area contributed by atoms with Gasteiger partial charge < -0.3 is 10.0 Å². The number of thioether (sulfide) groups is 1. The van der Waals surface area contributed by atoms with Crippen LogP contribution in [0, 0.1) is 0 Å². The van der Waals surface area contributed by atoms with E-state index in [0.717, 1.165) is 17.3 Å². The molecule has 0 unspecified atom stereocenters. The number of halogens is 1. The summed E-state index contributed by atoms with van der Waals surface area (Å²) in [6.07, 6.45) is 1.08. The van der Waals surface area contributed by atoms with Crippen LogP contribution >= 0.6 is 27.7 Å². The highest BCUT2D eigenvalue weighted by atomic mass is 79.9. The fourth-order valence-corrected chi connectivity index (χ4v) is 3.26. The first kappa shape index (κ1) is 12.8. The Bertz CT molecular complexity index is 388. The number of amides is 1. The summed E-state index contributed by atoms with van der Waals surface area (Å²) in [5.74, 6) is 0. The third kappa shape index (κ3) is 3.64. The lowest BCUT2D eigenvalue weighted by Gasteiger charge is -2.29. The lowest BCUT2D eigenvalue weighted by molar-refractivity contribution is 0.136. The van der Waals surface area contributed by atoms with E-state index in [9.17, 15) is 4.79 Å². The van der Waals surface area contributed by atoms with Gasteiger partial charge in [0.1, 0.15) is 0 Å². The van der Waals surface area contributed by atoms with Gasteiger partial charge in [-0.05, 0) is 37.1 Å². The van der Waals surface area contributed by atoms with Crippen molar-refractivity contribution in [3.8, 4) is 0 Å². The third-order valence-corrected chi connectivity index (χ3v) is 4.71. The Balaban J connectivity index is 1.85. The number of hydrogen-bond donors (Lipinski definition) is 1. The van der Waals surface area contributed by atoms with Crippen LogP contribution in [0.2, 0.25) is 0 Å². The molecule has 92 valence electrons. The standard InChI is InChI=1S/C12H14BrNO2S/c13-9-1-3-10(4-2-9)17-11-5-7-14(8-6-11)12(15)16/h1-4,11H,5-8H2,(H,15,16). The van der Waals surface area contributed by atoms with Crippen LogP contribution in [-0.4, -0.2) is 34.4 Å². The molecule has 1 heterocycles. The maximum absolute atomic E-state index is 10.8. The molecule has 1 aliphatic rings. The van der Waals surface area contributed by atoms with Crippen molar-refractivity contribution >= 4 is 33.8 Å². The van der Waals surface area contributed by atoms with E-state index in [1.165, 1.54) is 9.80 Å². The number of carbonyl (C=O) groups is 1. The van der Waals surface area contributed by atoms with Crippen molar-refractivity contribution in [3.05, 3.63) is 28.7 Å². The molecular weight excluding hydrogens is 302 g/mol. The van der Waals surface area contributed by atoms with Gasteiger partial charge in [0.15, 0.2) is 0 Å². The Kier molecular flexibility index (Phi) is 4.34. The molecular formula is C12H14BrNO2S. The third-order valence-electron chi connectivity index (χ3n) is 2.83. The minimum absolute atomic E-state index is 0.534. The predicted octanol–water partition coefficient (Wildman–Crippen LogP) is 3.68. The first-order valence-electron chi connectivity index (χ1n) is 5.55. The highest BCUT2D eigenvalue weighted by molar-refractivity contribution is 9.10. The van der Waals surface area contributed by atoms with E-state index < -0.39 is 6.09 Å². The van der Waals surface area contributed by atoms with Crippen molar-refractivity contribution in [3.63, 3.8) is 0 Å².